The molecule has 98 valence electrons. The van der Waals surface area contributed by atoms with Crippen LogP contribution >= 0.6 is 0 Å². The van der Waals surface area contributed by atoms with Crippen LogP contribution in [0.1, 0.15) is 48.2 Å². The predicted molar refractivity (Wildman–Crippen MR) is 75.1 cm³/mol. The number of hydrogen-bond acceptors (Lipinski definition) is 2. The number of Topliss-reactive ketones (excluding diaryl/α,β-unsaturated/α-hetero) is 1. The van der Waals surface area contributed by atoms with Crippen LogP contribution in [0, 0.1) is 5.92 Å². The Hall–Kier alpha value is -1.15. The topological polar surface area (TPSA) is 29.1 Å². The van der Waals surface area contributed by atoms with Gasteiger partial charge in [-0.3, -0.25) is 4.79 Å². The molecule has 0 saturated carbocycles. The van der Waals surface area contributed by atoms with Crippen molar-refractivity contribution < 1.29 is 4.79 Å². The van der Waals surface area contributed by atoms with Gasteiger partial charge in [-0.15, -0.1) is 0 Å². The van der Waals surface area contributed by atoms with Gasteiger partial charge >= 0.3 is 0 Å². The van der Waals surface area contributed by atoms with Crippen LogP contribution in [0.15, 0.2) is 18.2 Å². The van der Waals surface area contributed by atoms with E-state index in [0.29, 0.717) is 5.78 Å². The second-order valence-corrected chi connectivity index (χ2v) is 5.10. The molecule has 2 heteroatoms. The molecule has 1 atom stereocenters. The van der Waals surface area contributed by atoms with Crippen molar-refractivity contribution in [2.45, 2.75) is 39.5 Å². The van der Waals surface area contributed by atoms with Crippen molar-refractivity contribution in [3.8, 4) is 0 Å². The fourth-order valence-corrected chi connectivity index (χ4v) is 2.76. The van der Waals surface area contributed by atoms with Gasteiger partial charge in [0, 0.05) is 18.0 Å². The molecule has 1 aromatic rings. The molecule has 1 fully saturated rings. The minimum atomic E-state index is 0.177. The Balaban J connectivity index is 2.19. The Morgan fingerprint density at radius 2 is 2.06 bits per heavy atom. The van der Waals surface area contributed by atoms with Gasteiger partial charge in [0.1, 0.15) is 0 Å². The number of rotatable bonds is 4. The number of nitrogens with one attached hydrogen (secondary N) is 1. The summed E-state index contributed by atoms with van der Waals surface area (Å²) in [5, 5.41) is 3.32. The lowest BCUT2D eigenvalue weighted by atomic mass is 9.89. The number of carbonyl (C=O) groups excluding carboxylic acids is 1. The molecule has 0 aromatic heterocycles. The zero-order valence-corrected chi connectivity index (χ0v) is 11.5. The Morgan fingerprint density at radius 1 is 1.28 bits per heavy atom. The van der Waals surface area contributed by atoms with Gasteiger partial charge in [-0.05, 0) is 49.4 Å². The second-order valence-electron chi connectivity index (χ2n) is 5.10. The maximum absolute atomic E-state index is 12.4. The number of hydrogen-bond donors (Lipinski definition) is 1. The summed E-state index contributed by atoms with van der Waals surface area (Å²) in [6, 6.07) is 6.24. The number of carbonyl (C=O) groups is 1. The Bertz CT molecular complexity index is 419. The molecule has 0 radical (unpaired) electrons. The molecule has 2 rings (SSSR count). The summed E-state index contributed by atoms with van der Waals surface area (Å²) >= 11 is 0. The van der Waals surface area contributed by atoms with Crippen molar-refractivity contribution in [3.05, 3.63) is 34.9 Å². The summed E-state index contributed by atoms with van der Waals surface area (Å²) in [6.07, 6.45) is 4.20. The van der Waals surface area contributed by atoms with Crippen molar-refractivity contribution in [2.75, 3.05) is 13.1 Å². The summed E-state index contributed by atoms with van der Waals surface area (Å²) in [7, 11) is 0. The van der Waals surface area contributed by atoms with Gasteiger partial charge < -0.3 is 5.32 Å². The summed E-state index contributed by atoms with van der Waals surface area (Å²) in [5.74, 6) is 0.496. The largest absolute Gasteiger partial charge is 0.316 e. The minimum Gasteiger partial charge on any atom is -0.316 e. The molecular formula is C16H23NO. The molecule has 1 unspecified atom stereocenters. The monoisotopic (exact) mass is 245 g/mol. The van der Waals surface area contributed by atoms with Gasteiger partial charge in [0.15, 0.2) is 5.78 Å². The number of piperidine rings is 1. The van der Waals surface area contributed by atoms with Gasteiger partial charge in [0.25, 0.3) is 0 Å². The highest BCUT2D eigenvalue weighted by Gasteiger charge is 2.22. The van der Waals surface area contributed by atoms with Crippen molar-refractivity contribution in [3.63, 3.8) is 0 Å². The molecule has 0 spiro atoms. The molecule has 0 bridgehead atoms. The average Bonchev–Trinajstić information content (AvgIpc) is 2.46. The third-order valence-electron chi connectivity index (χ3n) is 3.92. The first-order valence-electron chi connectivity index (χ1n) is 7.13. The first kappa shape index (κ1) is 13.3. The second kappa shape index (κ2) is 6.14. The summed E-state index contributed by atoms with van der Waals surface area (Å²) in [5.41, 5.74) is 3.60. The lowest BCUT2D eigenvalue weighted by Crippen LogP contribution is -2.34. The summed E-state index contributed by atoms with van der Waals surface area (Å²) in [4.78, 5) is 12.4. The van der Waals surface area contributed by atoms with Crippen LogP contribution in [0.5, 0.6) is 0 Å². The lowest BCUT2D eigenvalue weighted by Gasteiger charge is -2.22. The van der Waals surface area contributed by atoms with Gasteiger partial charge in [0.05, 0.1) is 0 Å². The molecule has 1 saturated heterocycles. The number of benzene rings is 1. The fourth-order valence-electron chi connectivity index (χ4n) is 2.76. The summed E-state index contributed by atoms with van der Waals surface area (Å²) < 4.78 is 0. The van der Waals surface area contributed by atoms with E-state index in [0.717, 1.165) is 44.3 Å². The van der Waals surface area contributed by atoms with Crippen molar-refractivity contribution in [2.24, 2.45) is 5.92 Å². The van der Waals surface area contributed by atoms with E-state index in [1.807, 2.05) is 6.07 Å². The molecule has 2 nitrogen and oxygen atoms in total. The van der Waals surface area contributed by atoms with E-state index in [1.54, 1.807) is 0 Å². The van der Waals surface area contributed by atoms with E-state index in [4.69, 9.17) is 0 Å². The lowest BCUT2D eigenvalue weighted by molar-refractivity contribution is 0.0899. The fraction of sp³-hybridized carbons (Fsp3) is 0.562. The SMILES string of the molecule is CCc1ccc(C(=O)C2CCCNC2)cc1CC. The predicted octanol–water partition coefficient (Wildman–Crippen LogP) is 2.99. The molecule has 1 aliphatic rings. The van der Waals surface area contributed by atoms with Crippen molar-refractivity contribution in [1.82, 2.24) is 5.32 Å². The molecule has 18 heavy (non-hydrogen) atoms. The highest BCUT2D eigenvalue weighted by molar-refractivity contribution is 5.98. The van der Waals surface area contributed by atoms with Crippen LogP contribution in [0.4, 0.5) is 0 Å². The van der Waals surface area contributed by atoms with Crippen LogP contribution in [0.3, 0.4) is 0 Å². The highest BCUT2D eigenvalue weighted by Crippen LogP contribution is 2.20. The molecule has 1 aliphatic heterocycles. The van der Waals surface area contributed by atoms with Crippen molar-refractivity contribution >= 4 is 5.78 Å². The van der Waals surface area contributed by atoms with Crippen LogP contribution < -0.4 is 5.32 Å². The van der Waals surface area contributed by atoms with E-state index in [9.17, 15) is 4.79 Å². The Labute approximate surface area is 110 Å². The highest BCUT2D eigenvalue weighted by atomic mass is 16.1. The Kier molecular flexibility index (Phi) is 4.54. The summed E-state index contributed by atoms with van der Waals surface area (Å²) in [6.45, 7) is 6.22. The molecule has 0 aliphatic carbocycles. The molecule has 0 amide bonds. The van der Waals surface area contributed by atoms with Crippen molar-refractivity contribution in [1.29, 1.82) is 0 Å². The standard InChI is InChI=1S/C16H23NO/c1-3-12-7-8-14(10-13(12)4-2)16(18)15-6-5-9-17-11-15/h7-8,10,15,17H,3-6,9,11H2,1-2H3. The van der Waals surface area contributed by atoms with Crippen LogP contribution in [-0.4, -0.2) is 18.9 Å². The van der Waals surface area contributed by atoms with Gasteiger partial charge in [-0.2, -0.15) is 0 Å². The first-order valence-corrected chi connectivity index (χ1v) is 7.13. The number of ketones is 1. The van der Waals surface area contributed by atoms with E-state index in [2.05, 4.69) is 31.3 Å². The third kappa shape index (κ3) is 2.81. The van der Waals surface area contributed by atoms with Crippen LogP contribution in [-0.2, 0) is 12.8 Å². The van der Waals surface area contributed by atoms with E-state index in [-0.39, 0.29) is 5.92 Å². The van der Waals surface area contributed by atoms with E-state index < -0.39 is 0 Å². The van der Waals surface area contributed by atoms with Gasteiger partial charge in [-0.25, -0.2) is 0 Å². The quantitative estimate of drug-likeness (QED) is 0.826. The van der Waals surface area contributed by atoms with Gasteiger partial charge in [0.2, 0.25) is 0 Å². The van der Waals surface area contributed by atoms with Crippen LogP contribution in [0.2, 0.25) is 0 Å². The molecular weight excluding hydrogens is 222 g/mol. The number of aryl methyl sites for hydroxylation is 2. The minimum absolute atomic E-state index is 0.177. The Morgan fingerprint density at radius 3 is 2.67 bits per heavy atom. The molecule has 1 heterocycles. The zero-order valence-electron chi connectivity index (χ0n) is 11.5. The average molecular weight is 245 g/mol. The maximum atomic E-state index is 12.4. The normalized spacial score (nSPS) is 19.8. The third-order valence-corrected chi connectivity index (χ3v) is 3.92. The molecule has 1 aromatic carbocycles. The van der Waals surface area contributed by atoms with E-state index >= 15 is 0 Å². The molecule has 1 N–H and O–H groups in total. The zero-order chi connectivity index (χ0) is 13.0. The van der Waals surface area contributed by atoms with Gasteiger partial charge in [-0.1, -0.05) is 26.0 Å². The van der Waals surface area contributed by atoms with E-state index in [1.165, 1.54) is 11.1 Å². The first-order chi connectivity index (χ1) is 8.76. The maximum Gasteiger partial charge on any atom is 0.167 e. The smallest absolute Gasteiger partial charge is 0.167 e. The van der Waals surface area contributed by atoms with Crippen LogP contribution in [0.25, 0.3) is 0 Å².